The largest absolute Gasteiger partial charge is 0.384 e. The second-order valence-corrected chi connectivity index (χ2v) is 12.5. The second kappa shape index (κ2) is 14.4. The molecule has 1 aromatic carbocycles. The average Bonchev–Trinajstić information content (AvgIpc) is 3.04. The average molecular weight is 615 g/mol. The van der Waals surface area contributed by atoms with Crippen molar-refractivity contribution in [3.63, 3.8) is 0 Å². The van der Waals surface area contributed by atoms with E-state index >= 15 is 0 Å². The van der Waals surface area contributed by atoms with Crippen molar-refractivity contribution in [3.05, 3.63) is 72.6 Å². The van der Waals surface area contributed by atoms with Gasteiger partial charge in [0.1, 0.15) is 22.8 Å². The Morgan fingerprint density at radius 3 is 2.42 bits per heavy atom. The number of likely N-dealkylation sites (tertiary alicyclic amines) is 1. The number of rotatable bonds is 12. The number of carbonyl (C=O) groups excluding carboxylic acids is 1. The molecule has 0 saturated carbocycles. The molecule has 45 heavy (non-hydrogen) atoms. The molecule has 0 bridgehead atoms. The van der Waals surface area contributed by atoms with Crippen LogP contribution in [0, 0.1) is 5.41 Å². The standard InChI is InChI=1S/C34H46N8O3/c1-5-17-35-31(43)27-24-36-32(40-30(27)39-29-8-6-7-28(38-29)33(2,3)44)37-25-9-11-26(12-10-25)42-20-15-34(16-21-42)13-18-41(19-14-34)22-23-45-4/h5-12,24,44H,1,13-23H2,2-4H3,(H,35,43)(H2,36,37,38,39,40). The highest BCUT2D eigenvalue weighted by molar-refractivity contribution is 5.99. The maximum atomic E-state index is 12.9. The van der Waals surface area contributed by atoms with Gasteiger partial charge in [0.25, 0.3) is 5.91 Å². The minimum Gasteiger partial charge on any atom is -0.384 e. The molecule has 0 radical (unpaired) electrons. The molecule has 3 aromatic rings. The van der Waals surface area contributed by atoms with Crippen LogP contribution in [0.5, 0.6) is 0 Å². The van der Waals surface area contributed by atoms with E-state index < -0.39 is 5.60 Å². The Balaban J connectivity index is 1.24. The molecule has 2 aromatic heterocycles. The van der Waals surface area contributed by atoms with Gasteiger partial charge in [0, 0.05) is 50.9 Å². The highest BCUT2D eigenvalue weighted by Gasteiger charge is 2.37. The molecule has 4 heterocycles. The fourth-order valence-electron chi connectivity index (χ4n) is 6.03. The number of hydrogen-bond acceptors (Lipinski definition) is 10. The van der Waals surface area contributed by atoms with E-state index in [2.05, 4.69) is 59.4 Å². The van der Waals surface area contributed by atoms with Gasteiger partial charge in [-0.25, -0.2) is 9.97 Å². The molecule has 1 spiro atoms. The van der Waals surface area contributed by atoms with E-state index in [1.165, 1.54) is 50.7 Å². The van der Waals surface area contributed by atoms with Crippen LogP contribution in [0.4, 0.5) is 29.0 Å². The first kappa shape index (κ1) is 32.3. The Bertz CT molecular complexity index is 1440. The molecule has 240 valence electrons. The number of methoxy groups -OCH3 is 1. The molecule has 11 nitrogen and oxygen atoms in total. The zero-order valence-electron chi connectivity index (χ0n) is 26.7. The Hall–Kier alpha value is -4.06. The Labute approximate surface area is 266 Å². The Morgan fingerprint density at radius 1 is 1.04 bits per heavy atom. The number of amides is 1. The van der Waals surface area contributed by atoms with Crippen LogP contribution in [0.1, 0.15) is 55.6 Å². The van der Waals surface area contributed by atoms with Crippen molar-refractivity contribution in [2.75, 3.05) is 68.5 Å². The van der Waals surface area contributed by atoms with E-state index in [4.69, 9.17) is 4.74 Å². The number of benzene rings is 1. The summed E-state index contributed by atoms with van der Waals surface area (Å²) in [6.07, 6.45) is 8.11. The molecule has 0 aliphatic carbocycles. The molecular weight excluding hydrogens is 568 g/mol. The number of aliphatic hydroxyl groups is 1. The molecule has 5 rings (SSSR count). The Kier molecular flexibility index (Phi) is 10.3. The van der Waals surface area contributed by atoms with E-state index in [0.29, 0.717) is 29.4 Å². The zero-order valence-corrected chi connectivity index (χ0v) is 26.7. The SMILES string of the molecule is C=CCNC(=O)c1cnc(Nc2ccc(N3CCC4(CCN(CCOC)CC4)CC3)cc2)nc1Nc1cccc(C(C)(C)O)n1. The van der Waals surface area contributed by atoms with E-state index in [1.807, 2.05) is 12.1 Å². The summed E-state index contributed by atoms with van der Waals surface area (Å²) in [5.41, 5.74) is 2.16. The van der Waals surface area contributed by atoms with Gasteiger partial charge < -0.3 is 35.6 Å². The molecule has 1 amide bonds. The van der Waals surface area contributed by atoms with Gasteiger partial charge in [0.15, 0.2) is 0 Å². The van der Waals surface area contributed by atoms with Gasteiger partial charge >= 0.3 is 0 Å². The molecule has 11 heteroatoms. The van der Waals surface area contributed by atoms with Gasteiger partial charge in [-0.3, -0.25) is 4.79 Å². The topological polar surface area (TPSA) is 128 Å². The number of pyridine rings is 1. The predicted octanol–water partition coefficient (Wildman–Crippen LogP) is 4.83. The van der Waals surface area contributed by atoms with Gasteiger partial charge in [-0.2, -0.15) is 4.98 Å². The van der Waals surface area contributed by atoms with E-state index in [9.17, 15) is 9.90 Å². The molecule has 4 N–H and O–H groups in total. The van der Waals surface area contributed by atoms with Crippen molar-refractivity contribution in [2.45, 2.75) is 45.1 Å². The van der Waals surface area contributed by atoms with Crippen LogP contribution in [0.25, 0.3) is 0 Å². The summed E-state index contributed by atoms with van der Waals surface area (Å²) in [5.74, 6) is 0.729. The maximum absolute atomic E-state index is 12.9. The fourth-order valence-corrected chi connectivity index (χ4v) is 6.03. The summed E-state index contributed by atoms with van der Waals surface area (Å²) in [5, 5.41) is 19.6. The van der Waals surface area contributed by atoms with Crippen LogP contribution in [0.3, 0.4) is 0 Å². The third-order valence-corrected chi connectivity index (χ3v) is 8.90. The monoisotopic (exact) mass is 614 g/mol. The summed E-state index contributed by atoms with van der Waals surface area (Å²) in [7, 11) is 1.77. The highest BCUT2D eigenvalue weighted by atomic mass is 16.5. The number of carbonyl (C=O) groups is 1. The van der Waals surface area contributed by atoms with Crippen molar-refractivity contribution in [1.29, 1.82) is 0 Å². The van der Waals surface area contributed by atoms with Gasteiger partial charge in [0.2, 0.25) is 5.95 Å². The minimum atomic E-state index is -1.12. The van der Waals surface area contributed by atoms with Crippen LogP contribution in [-0.4, -0.2) is 83.9 Å². The third kappa shape index (κ3) is 8.36. The van der Waals surface area contributed by atoms with E-state index in [-0.39, 0.29) is 17.3 Å². The zero-order chi connectivity index (χ0) is 31.9. The van der Waals surface area contributed by atoms with E-state index in [0.717, 1.165) is 31.9 Å². The summed E-state index contributed by atoms with van der Waals surface area (Å²) < 4.78 is 5.26. The number of anilines is 5. The Morgan fingerprint density at radius 2 is 1.76 bits per heavy atom. The smallest absolute Gasteiger partial charge is 0.256 e. The van der Waals surface area contributed by atoms with Crippen LogP contribution in [0.15, 0.2) is 61.3 Å². The van der Waals surface area contributed by atoms with Gasteiger partial charge in [-0.05, 0) is 94.4 Å². The molecular formula is C34H46N8O3. The summed E-state index contributed by atoms with van der Waals surface area (Å²) in [6.45, 7) is 13.6. The van der Waals surface area contributed by atoms with Gasteiger partial charge in [-0.15, -0.1) is 6.58 Å². The number of ether oxygens (including phenoxy) is 1. The predicted molar refractivity (Wildman–Crippen MR) is 178 cm³/mol. The van der Waals surface area contributed by atoms with Crippen molar-refractivity contribution in [3.8, 4) is 0 Å². The van der Waals surface area contributed by atoms with Gasteiger partial charge in [0.05, 0.1) is 12.3 Å². The lowest BCUT2D eigenvalue weighted by Crippen LogP contribution is -2.47. The van der Waals surface area contributed by atoms with Crippen molar-refractivity contribution >= 4 is 34.9 Å². The summed E-state index contributed by atoms with van der Waals surface area (Å²) in [4.78, 5) is 31.4. The molecule has 0 atom stereocenters. The van der Waals surface area contributed by atoms with Crippen LogP contribution < -0.4 is 20.9 Å². The molecule has 2 fully saturated rings. The maximum Gasteiger partial charge on any atom is 0.256 e. The lowest BCUT2D eigenvalue weighted by atomic mass is 9.71. The lowest BCUT2D eigenvalue weighted by Gasteiger charge is -2.47. The summed E-state index contributed by atoms with van der Waals surface area (Å²) in [6, 6.07) is 13.6. The first-order valence-electron chi connectivity index (χ1n) is 15.7. The lowest BCUT2D eigenvalue weighted by molar-refractivity contribution is 0.0618. The third-order valence-electron chi connectivity index (χ3n) is 8.90. The number of nitrogens with one attached hydrogen (secondary N) is 3. The normalized spacial score (nSPS) is 16.8. The molecule has 2 saturated heterocycles. The second-order valence-electron chi connectivity index (χ2n) is 12.5. The number of hydrogen-bond donors (Lipinski definition) is 4. The minimum absolute atomic E-state index is 0.261. The van der Waals surface area contributed by atoms with Crippen molar-refractivity contribution in [2.24, 2.45) is 5.41 Å². The highest BCUT2D eigenvalue weighted by Crippen LogP contribution is 2.42. The van der Waals surface area contributed by atoms with Crippen LogP contribution in [0.2, 0.25) is 0 Å². The fraction of sp³-hybridized carbons (Fsp3) is 0.471. The number of nitrogens with zero attached hydrogens (tertiary/aromatic N) is 5. The van der Waals surface area contributed by atoms with Gasteiger partial charge in [-0.1, -0.05) is 12.1 Å². The quantitative estimate of drug-likeness (QED) is 0.211. The first-order valence-corrected chi connectivity index (χ1v) is 15.7. The van der Waals surface area contributed by atoms with Crippen LogP contribution >= 0.6 is 0 Å². The molecule has 0 unspecified atom stereocenters. The summed E-state index contributed by atoms with van der Waals surface area (Å²) >= 11 is 0. The molecule has 2 aliphatic rings. The van der Waals surface area contributed by atoms with Crippen LogP contribution in [-0.2, 0) is 10.3 Å². The number of aromatic nitrogens is 3. The van der Waals surface area contributed by atoms with E-state index in [1.54, 1.807) is 45.2 Å². The molecule has 2 aliphatic heterocycles. The van der Waals surface area contributed by atoms with Crippen molar-refractivity contribution < 1.29 is 14.6 Å². The first-order chi connectivity index (χ1) is 21.7. The number of piperidine rings is 2. The van der Waals surface area contributed by atoms with Crippen molar-refractivity contribution in [1.82, 2.24) is 25.2 Å².